The Bertz CT molecular complexity index is 612. The third-order valence-corrected chi connectivity index (χ3v) is 3.69. The Balaban J connectivity index is 2.22. The molecule has 0 aliphatic rings. The summed E-state index contributed by atoms with van der Waals surface area (Å²) in [6, 6.07) is 12.8. The minimum Gasteiger partial charge on any atom is -0.335 e. The Morgan fingerprint density at radius 1 is 1.15 bits per heavy atom. The van der Waals surface area contributed by atoms with Crippen LogP contribution in [0.1, 0.15) is 28.9 Å². The van der Waals surface area contributed by atoms with E-state index >= 15 is 0 Å². The molecule has 1 atom stereocenters. The van der Waals surface area contributed by atoms with Crippen molar-refractivity contribution in [1.29, 1.82) is 0 Å². The number of carbonyl (C=O) groups is 1. The number of nitrogens with zero attached hydrogens (tertiary/aromatic N) is 1. The fraction of sp³-hybridized carbons (Fsp3) is 0.188. The molecule has 0 aromatic heterocycles. The molecule has 0 aliphatic carbocycles. The zero-order valence-corrected chi connectivity index (χ0v) is 12.1. The van der Waals surface area contributed by atoms with E-state index in [1.807, 2.05) is 25.1 Å². The molecule has 2 aromatic rings. The monoisotopic (exact) mass is 291 g/mol. The van der Waals surface area contributed by atoms with Gasteiger partial charge in [0.1, 0.15) is 5.82 Å². The van der Waals surface area contributed by atoms with Crippen LogP contribution >= 0.6 is 11.6 Å². The predicted octanol–water partition coefficient (Wildman–Crippen LogP) is 4.31. The van der Waals surface area contributed by atoms with Gasteiger partial charge in [-0.2, -0.15) is 0 Å². The first-order valence-corrected chi connectivity index (χ1v) is 6.65. The van der Waals surface area contributed by atoms with Crippen LogP contribution in [0.15, 0.2) is 48.5 Å². The van der Waals surface area contributed by atoms with Crippen molar-refractivity contribution in [2.24, 2.45) is 0 Å². The van der Waals surface area contributed by atoms with E-state index in [2.05, 4.69) is 0 Å². The third-order valence-electron chi connectivity index (χ3n) is 3.35. The lowest BCUT2D eigenvalue weighted by atomic mass is 10.1. The molecule has 4 heteroatoms. The Hall–Kier alpha value is -1.87. The van der Waals surface area contributed by atoms with Gasteiger partial charge in [-0.1, -0.05) is 29.8 Å². The van der Waals surface area contributed by atoms with Gasteiger partial charge in [-0.3, -0.25) is 4.79 Å². The van der Waals surface area contributed by atoms with E-state index in [0.717, 1.165) is 5.56 Å². The average molecular weight is 292 g/mol. The molecule has 0 bridgehead atoms. The molecule has 2 rings (SSSR count). The summed E-state index contributed by atoms with van der Waals surface area (Å²) in [6.07, 6.45) is 0. The second-order valence-electron chi connectivity index (χ2n) is 4.62. The number of hydrogen-bond donors (Lipinski definition) is 0. The molecule has 0 N–H and O–H groups in total. The number of halogens is 2. The van der Waals surface area contributed by atoms with Gasteiger partial charge >= 0.3 is 0 Å². The van der Waals surface area contributed by atoms with Crippen molar-refractivity contribution in [1.82, 2.24) is 4.90 Å². The second kappa shape index (κ2) is 6.06. The number of carbonyl (C=O) groups excluding carboxylic acids is 1. The standard InChI is InChI=1S/C16H15ClFNO/c1-11(14-5-3-4-6-15(14)17)19(2)16(20)12-7-9-13(18)10-8-12/h3-11H,1-2H3. The zero-order valence-electron chi connectivity index (χ0n) is 11.3. The van der Waals surface area contributed by atoms with Crippen molar-refractivity contribution in [3.63, 3.8) is 0 Å². The Kier molecular flexibility index (Phi) is 4.40. The van der Waals surface area contributed by atoms with Gasteiger partial charge in [0.2, 0.25) is 0 Å². The smallest absolute Gasteiger partial charge is 0.254 e. The van der Waals surface area contributed by atoms with Gasteiger partial charge < -0.3 is 4.90 Å². The molecule has 2 nitrogen and oxygen atoms in total. The quantitative estimate of drug-likeness (QED) is 0.825. The topological polar surface area (TPSA) is 20.3 Å². The highest BCUT2D eigenvalue weighted by Gasteiger charge is 2.20. The van der Waals surface area contributed by atoms with Crippen LogP contribution in [0.2, 0.25) is 5.02 Å². The Morgan fingerprint density at radius 3 is 2.35 bits per heavy atom. The summed E-state index contributed by atoms with van der Waals surface area (Å²) in [4.78, 5) is 13.9. The highest BCUT2D eigenvalue weighted by Crippen LogP contribution is 2.27. The first kappa shape index (κ1) is 14.5. The van der Waals surface area contributed by atoms with Crippen LogP contribution in [-0.4, -0.2) is 17.9 Å². The lowest BCUT2D eigenvalue weighted by molar-refractivity contribution is 0.0742. The molecule has 1 unspecified atom stereocenters. The van der Waals surface area contributed by atoms with Gasteiger partial charge in [0.15, 0.2) is 0 Å². The average Bonchev–Trinajstić information content (AvgIpc) is 2.46. The highest BCUT2D eigenvalue weighted by molar-refractivity contribution is 6.31. The molecule has 104 valence electrons. The van der Waals surface area contributed by atoms with Crippen LogP contribution in [0.4, 0.5) is 4.39 Å². The maximum Gasteiger partial charge on any atom is 0.254 e. The maximum atomic E-state index is 12.9. The van der Waals surface area contributed by atoms with Crippen LogP contribution < -0.4 is 0 Å². The van der Waals surface area contributed by atoms with E-state index in [1.54, 1.807) is 18.0 Å². The fourth-order valence-corrected chi connectivity index (χ4v) is 2.29. The summed E-state index contributed by atoms with van der Waals surface area (Å²) in [7, 11) is 1.71. The summed E-state index contributed by atoms with van der Waals surface area (Å²) in [5, 5.41) is 0.624. The number of amides is 1. The summed E-state index contributed by atoms with van der Waals surface area (Å²) in [5.74, 6) is -0.527. The van der Waals surface area contributed by atoms with E-state index in [1.165, 1.54) is 24.3 Å². The van der Waals surface area contributed by atoms with Crippen LogP contribution in [0.3, 0.4) is 0 Å². The van der Waals surface area contributed by atoms with Crippen LogP contribution in [0, 0.1) is 5.82 Å². The van der Waals surface area contributed by atoms with Crippen molar-refractivity contribution >= 4 is 17.5 Å². The molecule has 0 fully saturated rings. The molecule has 0 saturated carbocycles. The predicted molar refractivity (Wildman–Crippen MR) is 78.4 cm³/mol. The van der Waals surface area contributed by atoms with E-state index < -0.39 is 0 Å². The Labute approximate surface area is 122 Å². The van der Waals surface area contributed by atoms with Crippen molar-refractivity contribution in [2.75, 3.05) is 7.05 Å². The van der Waals surface area contributed by atoms with Crippen LogP contribution in [0.25, 0.3) is 0 Å². The van der Waals surface area contributed by atoms with Gasteiger partial charge in [-0.05, 0) is 42.8 Å². The minimum absolute atomic E-state index is 0.166. The van der Waals surface area contributed by atoms with E-state index in [9.17, 15) is 9.18 Å². The number of benzene rings is 2. The highest BCUT2D eigenvalue weighted by atomic mass is 35.5. The van der Waals surface area contributed by atoms with Crippen molar-refractivity contribution < 1.29 is 9.18 Å². The summed E-state index contributed by atoms with van der Waals surface area (Å²) in [6.45, 7) is 1.91. The van der Waals surface area contributed by atoms with Gasteiger partial charge in [0.25, 0.3) is 5.91 Å². The summed E-state index contributed by atoms with van der Waals surface area (Å²) in [5.41, 5.74) is 1.33. The lowest BCUT2D eigenvalue weighted by Gasteiger charge is -2.26. The number of rotatable bonds is 3. The molecule has 0 radical (unpaired) electrons. The van der Waals surface area contributed by atoms with E-state index in [-0.39, 0.29) is 17.8 Å². The third kappa shape index (κ3) is 2.99. The van der Waals surface area contributed by atoms with Gasteiger partial charge in [0.05, 0.1) is 6.04 Å². The first-order valence-electron chi connectivity index (χ1n) is 6.28. The molecule has 0 saturated heterocycles. The zero-order chi connectivity index (χ0) is 14.7. The summed E-state index contributed by atoms with van der Waals surface area (Å²) >= 11 is 6.15. The van der Waals surface area contributed by atoms with Crippen LogP contribution in [-0.2, 0) is 0 Å². The van der Waals surface area contributed by atoms with Gasteiger partial charge in [-0.15, -0.1) is 0 Å². The normalized spacial score (nSPS) is 12.0. The van der Waals surface area contributed by atoms with Crippen molar-refractivity contribution in [3.8, 4) is 0 Å². The summed E-state index contributed by atoms with van der Waals surface area (Å²) < 4.78 is 12.9. The van der Waals surface area contributed by atoms with Gasteiger partial charge in [0, 0.05) is 17.6 Å². The van der Waals surface area contributed by atoms with Gasteiger partial charge in [-0.25, -0.2) is 4.39 Å². The van der Waals surface area contributed by atoms with Crippen LogP contribution in [0.5, 0.6) is 0 Å². The minimum atomic E-state index is -0.358. The molecule has 0 spiro atoms. The molecule has 0 aliphatic heterocycles. The number of hydrogen-bond acceptors (Lipinski definition) is 1. The second-order valence-corrected chi connectivity index (χ2v) is 5.03. The molecular weight excluding hydrogens is 277 g/mol. The van der Waals surface area contributed by atoms with E-state index in [4.69, 9.17) is 11.6 Å². The molecular formula is C16H15ClFNO. The lowest BCUT2D eigenvalue weighted by Crippen LogP contribution is -2.29. The Morgan fingerprint density at radius 2 is 1.75 bits per heavy atom. The first-order chi connectivity index (χ1) is 9.50. The molecule has 0 heterocycles. The molecule has 20 heavy (non-hydrogen) atoms. The SMILES string of the molecule is CC(c1ccccc1Cl)N(C)C(=O)c1ccc(F)cc1. The molecule has 2 aromatic carbocycles. The fourth-order valence-electron chi connectivity index (χ4n) is 1.99. The maximum absolute atomic E-state index is 12.9. The molecule has 1 amide bonds. The van der Waals surface area contributed by atoms with Crippen molar-refractivity contribution in [3.05, 3.63) is 70.5 Å². The largest absolute Gasteiger partial charge is 0.335 e. The van der Waals surface area contributed by atoms with Crippen molar-refractivity contribution in [2.45, 2.75) is 13.0 Å². The van der Waals surface area contributed by atoms with E-state index in [0.29, 0.717) is 10.6 Å².